The highest BCUT2D eigenvalue weighted by atomic mass is 32.1. The highest BCUT2D eigenvalue weighted by molar-refractivity contribution is 7.17. The van der Waals surface area contributed by atoms with Crippen molar-refractivity contribution in [1.82, 2.24) is 10.2 Å². The number of nitrogens with zero attached hydrogens (tertiary/aromatic N) is 2. The molecule has 0 radical (unpaired) electrons. The second kappa shape index (κ2) is 5.89. The quantitative estimate of drug-likeness (QED) is 0.925. The maximum Gasteiger partial charge on any atom is 0.254 e. The van der Waals surface area contributed by atoms with Gasteiger partial charge >= 0.3 is 0 Å². The van der Waals surface area contributed by atoms with E-state index in [1.807, 2.05) is 5.38 Å². The zero-order valence-corrected chi connectivity index (χ0v) is 14.4. The first-order valence-corrected chi connectivity index (χ1v) is 8.57. The number of carbonyl (C=O) groups excluding carboxylic acids is 1. The third kappa shape index (κ3) is 2.83. The highest BCUT2D eigenvalue weighted by Gasteiger charge is 2.22. The molecule has 0 saturated carbocycles. The Hall–Kier alpha value is -1.59. The van der Waals surface area contributed by atoms with Crippen molar-refractivity contribution < 1.29 is 4.79 Å². The van der Waals surface area contributed by atoms with Gasteiger partial charge in [-0.3, -0.25) is 4.79 Å². The predicted molar refractivity (Wildman–Crippen MR) is 94.1 cm³/mol. The zero-order valence-electron chi connectivity index (χ0n) is 13.6. The van der Waals surface area contributed by atoms with Gasteiger partial charge in [0, 0.05) is 60.4 Å². The Morgan fingerprint density at radius 1 is 1.27 bits per heavy atom. The molecule has 5 heteroatoms. The lowest BCUT2D eigenvalue weighted by Crippen LogP contribution is -2.54. The fourth-order valence-corrected chi connectivity index (χ4v) is 4.07. The van der Waals surface area contributed by atoms with Gasteiger partial charge in [0.25, 0.3) is 5.91 Å². The topological polar surface area (TPSA) is 35.6 Å². The first-order chi connectivity index (χ1) is 10.5. The molecular formula is C17H23N3OS. The van der Waals surface area contributed by atoms with Crippen LogP contribution in [0.5, 0.6) is 0 Å². The van der Waals surface area contributed by atoms with Crippen molar-refractivity contribution in [2.75, 3.05) is 32.1 Å². The molecule has 4 nitrogen and oxygen atoms in total. The molecule has 1 fully saturated rings. The van der Waals surface area contributed by atoms with Gasteiger partial charge in [-0.1, -0.05) is 0 Å². The second-order valence-electron chi connectivity index (χ2n) is 6.40. The number of anilines is 1. The zero-order chi connectivity index (χ0) is 15.9. The summed E-state index contributed by atoms with van der Waals surface area (Å²) in [6.07, 6.45) is 0. The molecule has 1 amide bonds. The summed E-state index contributed by atoms with van der Waals surface area (Å²) in [4.78, 5) is 16.4. The molecule has 2 atom stereocenters. The highest BCUT2D eigenvalue weighted by Crippen LogP contribution is 2.31. The Morgan fingerprint density at radius 2 is 1.95 bits per heavy atom. The average molecular weight is 317 g/mol. The maximum absolute atomic E-state index is 12.3. The number of fused-ring (bicyclic) bond motifs is 1. The van der Waals surface area contributed by atoms with E-state index in [0.717, 1.165) is 24.0 Å². The second-order valence-corrected chi connectivity index (χ2v) is 7.31. The third-order valence-corrected chi connectivity index (χ3v) is 5.08. The summed E-state index contributed by atoms with van der Waals surface area (Å²) in [5.74, 6) is 0.0745. The van der Waals surface area contributed by atoms with E-state index in [2.05, 4.69) is 42.3 Å². The normalized spacial score (nSPS) is 22.1. The van der Waals surface area contributed by atoms with Crippen molar-refractivity contribution in [2.24, 2.45) is 0 Å². The number of nitrogens with one attached hydrogen (secondary N) is 1. The van der Waals surface area contributed by atoms with E-state index in [1.165, 1.54) is 10.4 Å². The van der Waals surface area contributed by atoms with Gasteiger partial charge in [-0.05, 0) is 32.0 Å². The maximum atomic E-state index is 12.3. The number of hydrogen-bond donors (Lipinski definition) is 1. The van der Waals surface area contributed by atoms with Crippen LogP contribution >= 0.6 is 11.3 Å². The molecule has 0 spiro atoms. The Labute approximate surface area is 135 Å². The number of benzene rings is 1. The molecule has 2 heterocycles. The van der Waals surface area contributed by atoms with Crippen molar-refractivity contribution in [3.8, 4) is 0 Å². The minimum Gasteiger partial charge on any atom is -0.368 e. The fraction of sp³-hybridized carbons (Fsp3) is 0.471. The summed E-state index contributed by atoms with van der Waals surface area (Å²) >= 11 is 1.64. The summed E-state index contributed by atoms with van der Waals surface area (Å²) in [7, 11) is 3.60. The molecule has 1 aliphatic heterocycles. The van der Waals surface area contributed by atoms with Crippen LogP contribution in [0.25, 0.3) is 10.1 Å². The number of carbonyl (C=O) groups is 1. The summed E-state index contributed by atoms with van der Waals surface area (Å²) in [6.45, 7) is 6.42. The molecule has 2 aromatic rings. The van der Waals surface area contributed by atoms with Crippen molar-refractivity contribution >= 4 is 33.0 Å². The Morgan fingerprint density at radius 3 is 2.59 bits per heavy atom. The first-order valence-electron chi connectivity index (χ1n) is 7.69. The van der Waals surface area contributed by atoms with Gasteiger partial charge in [-0.2, -0.15) is 0 Å². The van der Waals surface area contributed by atoms with Crippen LogP contribution in [0.2, 0.25) is 0 Å². The van der Waals surface area contributed by atoms with Gasteiger partial charge in [0.1, 0.15) is 0 Å². The summed E-state index contributed by atoms with van der Waals surface area (Å²) in [6, 6.07) is 7.44. The van der Waals surface area contributed by atoms with Crippen molar-refractivity contribution in [1.29, 1.82) is 0 Å². The van der Waals surface area contributed by atoms with Crippen LogP contribution in [0, 0.1) is 0 Å². The van der Waals surface area contributed by atoms with Gasteiger partial charge < -0.3 is 15.1 Å². The number of hydrogen-bond acceptors (Lipinski definition) is 4. The summed E-state index contributed by atoms with van der Waals surface area (Å²) in [5, 5.41) is 6.60. The molecule has 2 unspecified atom stereocenters. The lowest BCUT2D eigenvalue weighted by atomic mass is 10.1. The fourth-order valence-electron chi connectivity index (χ4n) is 3.16. The molecule has 1 aliphatic rings. The number of thiophene rings is 1. The van der Waals surface area contributed by atoms with Crippen LogP contribution < -0.4 is 10.2 Å². The Bertz CT molecular complexity index is 684. The SMILES string of the molecule is CC1CN(c2ccc3scc(C(=O)N(C)C)c3c2)CC(C)N1. The molecule has 3 rings (SSSR count). The van der Waals surface area contributed by atoms with Gasteiger partial charge in [0.2, 0.25) is 0 Å². The van der Waals surface area contributed by atoms with Gasteiger partial charge in [0.05, 0.1) is 5.56 Å². The average Bonchev–Trinajstić information content (AvgIpc) is 2.88. The Balaban J connectivity index is 1.98. The van der Waals surface area contributed by atoms with Crippen LogP contribution in [0.15, 0.2) is 23.6 Å². The van der Waals surface area contributed by atoms with Crippen LogP contribution in [0.4, 0.5) is 5.69 Å². The third-order valence-electron chi connectivity index (χ3n) is 4.12. The number of amides is 1. The molecule has 1 aromatic carbocycles. The molecule has 1 aromatic heterocycles. The molecule has 0 aliphatic carbocycles. The molecule has 0 bridgehead atoms. The lowest BCUT2D eigenvalue weighted by Gasteiger charge is -2.37. The van der Waals surface area contributed by atoms with Gasteiger partial charge in [-0.15, -0.1) is 11.3 Å². The molecular weight excluding hydrogens is 294 g/mol. The largest absolute Gasteiger partial charge is 0.368 e. The van der Waals surface area contributed by atoms with Gasteiger partial charge in [-0.25, -0.2) is 0 Å². The summed E-state index contributed by atoms with van der Waals surface area (Å²) < 4.78 is 1.17. The lowest BCUT2D eigenvalue weighted by molar-refractivity contribution is 0.0830. The number of piperazine rings is 1. The minimum atomic E-state index is 0.0745. The first kappa shape index (κ1) is 15.3. The summed E-state index contributed by atoms with van der Waals surface area (Å²) in [5.41, 5.74) is 2.02. The van der Waals surface area contributed by atoms with Crippen LogP contribution in [0.3, 0.4) is 0 Å². The number of rotatable bonds is 2. The molecule has 22 heavy (non-hydrogen) atoms. The van der Waals surface area contributed by atoms with E-state index < -0.39 is 0 Å². The van der Waals surface area contributed by atoms with E-state index in [-0.39, 0.29) is 5.91 Å². The minimum absolute atomic E-state index is 0.0745. The van der Waals surface area contributed by atoms with E-state index in [9.17, 15) is 4.79 Å². The van der Waals surface area contributed by atoms with Crippen molar-refractivity contribution in [3.63, 3.8) is 0 Å². The molecule has 118 valence electrons. The Kier molecular flexibility index (Phi) is 4.10. The smallest absolute Gasteiger partial charge is 0.254 e. The van der Waals surface area contributed by atoms with Crippen LogP contribution in [0.1, 0.15) is 24.2 Å². The van der Waals surface area contributed by atoms with E-state index in [0.29, 0.717) is 12.1 Å². The molecule has 1 saturated heterocycles. The van der Waals surface area contributed by atoms with E-state index in [4.69, 9.17) is 0 Å². The molecule has 1 N–H and O–H groups in total. The standard InChI is InChI=1S/C17H23N3OS/c1-11-8-20(9-12(2)18-11)13-5-6-16-14(7-13)15(10-22-16)17(21)19(3)4/h5-7,10-12,18H,8-9H2,1-4H3. The van der Waals surface area contributed by atoms with Crippen molar-refractivity contribution in [3.05, 3.63) is 29.1 Å². The predicted octanol–water partition coefficient (Wildman–Crippen LogP) is 2.79. The van der Waals surface area contributed by atoms with E-state index >= 15 is 0 Å². The van der Waals surface area contributed by atoms with Crippen LogP contribution in [-0.4, -0.2) is 50.1 Å². The monoisotopic (exact) mass is 317 g/mol. The van der Waals surface area contributed by atoms with Crippen LogP contribution in [-0.2, 0) is 0 Å². The van der Waals surface area contributed by atoms with Crippen molar-refractivity contribution in [2.45, 2.75) is 25.9 Å². The van der Waals surface area contributed by atoms with E-state index in [1.54, 1.807) is 30.3 Å². The van der Waals surface area contributed by atoms with Gasteiger partial charge in [0.15, 0.2) is 0 Å².